The van der Waals surface area contributed by atoms with Crippen LogP contribution in [0.5, 0.6) is 0 Å². The summed E-state index contributed by atoms with van der Waals surface area (Å²) in [6, 6.07) is 1.62. The normalized spacial score (nSPS) is 11.8. The van der Waals surface area contributed by atoms with Gasteiger partial charge in [0.1, 0.15) is 10.6 Å². The van der Waals surface area contributed by atoms with E-state index in [1.54, 1.807) is 6.07 Å². The quantitative estimate of drug-likeness (QED) is 0.568. The van der Waals surface area contributed by atoms with E-state index in [1.165, 1.54) is 17.4 Å². The zero-order valence-electron chi connectivity index (χ0n) is 5.68. The van der Waals surface area contributed by atoms with Gasteiger partial charge in [-0.15, -0.1) is 11.3 Å². The van der Waals surface area contributed by atoms with E-state index < -0.39 is 0 Å². The predicted octanol–water partition coefficient (Wildman–Crippen LogP) is 3.83. The van der Waals surface area contributed by atoms with Crippen molar-refractivity contribution in [2.24, 2.45) is 0 Å². The third kappa shape index (κ3) is 2.23. The highest BCUT2D eigenvalue weighted by Gasteiger charge is 2.08. The molecule has 1 aromatic heterocycles. The number of carbonyl (C=O) groups excluding carboxylic acids is 1. The molecule has 0 bridgehead atoms. The molecule has 0 unspecified atom stereocenters. The third-order valence-corrected chi connectivity index (χ3v) is 2.95. The summed E-state index contributed by atoms with van der Waals surface area (Å²) in [7, 11) is 0. The summed E-state index contributed by atoms with van der Waals surface area (Å²) in [6.07, 6.45) is 1.83. The topological polar surface area (TPSA) is 17.1 Å². The fraction of sp³-hybridized carbons (Fsp3) is 0. The summed E-state index contributed by atoms with van der Waals surface area (Å²) in [5, 5.41) is 0.304. The average molecular weight is 242 g/mol. The number of hydrogen-bond donors (Lipinski definition) is 0. The molecule has 0 aliphatic carbocycles. The maximum Gasteiger partial charge on any atom is 0.144 e. The highest BCUT2D eigenvalue weighted by Crippen LogP contribution is 2.36. The Morgan fingerprint density at radius 1 is 1.50 bits per heavy atom. The van der Waals surface area contributed by atoms with Gasteiger partial charge in [0.25, 0.3) is 0 Å². The van der Waals surface area contributed by atoms with Crippen LogP contribution >= 0.6 is 46.1 Å². The number of aldehydes is 1. The van der Waals surface area contributed by atoms with Gasteiger partial charge in [-0.2, -0.15) is 0 Å². The maximum absolute atomic E-state index is 10.1. The van der Waals surface area contributed by atoms with Crippen molar-refractivity contribution in [1.82, 2.24) is 0 Å². The largest absolute Gasteiger partial charge is 0.299 e. The summed E-state index contributed by atoms with van der Waals surface area (Å²) in [6.45, 7) is 0. The fourth-order valence-corrected chi connectivity index (χ4v) is 2.45. The van der Waals surface area contributed by atoms with E-state index in [9.17, 15) is 4.79 Å². The summed E-state index contributed by atoms with van der Waals surface area (Å²) in [5.74, 6) is 0. The van der Waals surface area contributed by atoms with Crippen LogP contribution in [-0.4, -0.2) is 6.29 Å². The fourth-order valence-electron chi connectivity index (χ4n) is 0.653. The van der Waals surface area contributed by atoms with E-state index in [0.717, 1.165) is 0 Å². The van der Waals surface area contributed by atoms with Crippen molar-refractivity contribution >= 4 is 57.5 Å². The molecule has 5 heteroatoms. The first kappa shape index (κ1) is 10.1. The molecule has 0 saturated carbocycles. The molecule has 1 heterocycles. The molecule has 0 aliphatic rings. The molecule has 1 aromatic rings. The van der Waals surface area contributed by atoms with Gasteiger partial charge >= 0.3 is 0 Å². The highest BCUT2D eigenvalue weighted by molar-refractivity contribution is 7.20. The number of carbonyl (C=O) groups is 1. The molecule has 0 spiro atoms. The monoisotopic (exact) mass is 240 g/mol. The van der Waals surface area contributed by atoms with Crippen LogP contribution in [0.15, 0.2) is 12.1 Å². The van der Waals surface area contributed by atoms with Gasteiger partial charge in [-0.1, -0.05) is 34.8 Å². The Morgan fingerprint density at radius 3 is 2.58 bits per heavy atom. The van der Waals surface area contributed by atoms with Gasteiger partial charge in [-0.25, -0.2) is 0 Å². The van der Waals surface area contributed by atoms with Crippen LogP contribution in [0, 0.1) is 0 Å². The highest BCUT2D eigenvalue weighted by atomic mass is 35.5. The van der Waals surface area contributed by atoms with Crippen molar-refractivity contribution in [1.29, 1.82) is 0 Å². The smallest absolute Gasteiger partial charge is 0.144 e. The number of halogens is 3. The van der Waals surface area contributed by atoms with Crippen LogP contribution in [0.4, 0.5) is 0 Å². The van der Waals surface area contributed by atoms with Gasteiger partial charge in [-0.05, 0) is 12.1 Å². The molecule has 12 heavy (non-hydrogen) atoms. The first-order valence-corrected chi connectivity index (χ1v) is 4.86. The molecule has 0 fully saturated rings. The van der Waals surface area contributed by atoms with E-state index in [0.29, 0.717) is 25.6 Å². The van der Waals surface area contributed by atoms with Gasteiger partial charge in [0.15, 0.2) is 0 Å². The average Bonchev–Trinajstić information content (AvgIpc) is 2.30. The lowest BCUT2D eigenvalue weighted by molar-refractivity contribution is -0.104. The number of rotatable bonds is 2. The van der Waals surface area contributed by atoms with Crippen molar-refractivity contribution < 1.29 is 4.79 Å². The number of hydrogen-bond acceptors (Lipinski definition) is 2. The van der Waals surface area contributed by atoms with Crippen LogP contribution in [0.2, 0.25) is 8.67 Å². The molecule has 0 aliphatic heterocycles. The lowest BCUT2D eigenvalue weighted by atomic mass is 10.3. The van der Waals surface area contributed by atoms with Crippen molar-refractivity contribution in [3.63, 3.8) is 0 Å². The summed E-state index contributed by atoms with van der Waals surface area (Å²) in [4.78, 5) is 10.1. The molecule has 0 radical (unpaired) electrons. The van der Waals surface area contributed by atoms with Gasteiger partial charge in [0, 0.05) is 5.56 Å². The molecule has 0 saturated heterocycles. The van der Waals surface area contributed by atoms with Crippen molar-refractivity contribution in [3.8, 4) is 0 Å². The van der Waals surface area contributed by atoms with E-state index in [4.69, 9.17) is 34.8 Å². The van der Waals surface area contributed by atoms with E-state index in [1.807, 2.05) is 0 Å². The first-order chi connectivity index (χ1) is 5.65. The van der Waals surface area contributed by atoms with Crippen molar-refractivity contribution in [2.45, 2.75) is 0 Å². The van der Waals surface area contributed by atoms with Gasteiger partial charge in [0.05, 0.1) is 9.37 Å². The van der Waals surface area contributed by atoms with Gasteiger partial charge < -0.3 is 0 Å². The molecule has 64 valence electrons. The predicted molar refractivity (Wildman–Crippen MR) is 54.2 cm³/mol. The Labute approximate surface area is 88.5 Å². The van der Waals surface area contributed by atoms with Crippen molar-refractivity contribution in [3.05, 3.63) is 26.4 Å². The number of thiophene rings is 1. The van der Waals surface area contributed by atoms with Crippen molar-refractivity contribution in [2.75, 3.05) is 0 Å². The minimum Gasteiger partial charge on any atom is -0.299 e. The van der Waals surface area contributed by atoms with E-state index >= 15 is 0 Å². The molecule has 1 nitrogen and oxygen atoms in total. The Kier molecular flexibility index (Phi) is 3.59. The van der Waals surface area contributed by atoms with Crippen LogP contribution in [0.25, 0.3) is 5.03 Å². The Hall–Kier alpha value is -0.0200. The Morgan fingerprint density at radius 2 is 2.17 bits per heavy atom. The lowest BCUT2D eigenvalue weighted by Crippen LogP contribution is -1.72. The van der Waals surface area contributed by atoms with Crippen LogP contribution in [0.3, 0.4) is 0 Å². The molecule has 0 amide bonds. The molecular weight excluding hydrogens is 239 g/mol. The van der Waals surface area contributed by atoms with Crippen LogP contribution in [-0.2, 0) is 4.79 Å². The third-order valence-electron chi connectivity index (χ3n) is 1.13. The van der Waals surface area contributed by atoms with Gasteiger partial charge in [0.2, 0.25) is 0 Å². The standard InChI is InChI=1S/C7H3Cl3OS/c8-5(1-2-11)4-3-6(9)12-7(4)10/h1-3H/b5-1+. The minimum atomic E-state index is 0.304. The van der Waals surface area contributed by atoms with E-state index in [-0.39, 0.29) is 0 Å². The summed E-state index contributed by atoms with van der Waals surface area (Å²) in [5.41, 5.74) is 0.598. The van der Waals surface area contributed by atoms with E-state index in [2.05, 4.69) is 0 Å². The molecule has 0 N–H and O–H groups in total. The first-order valence-electron chi connectivity index (χ1n) is 2.91. The minimum absolute atomic E-state index is 0.304. The zero-order valence-corrected chi connectivity index (χ0v) is 8.77. The lowest BCUT2D eigenvalue weighted by Gasteiger charge is -1.91. The Bertz CT molecular complexity index is 329. The molecule has 0 atom stereocenters. The summed E-state index contributed by atoms with van der Waals surface area (Å²) < 4.78 is 1.04. The van der Waals surface area contributed by atoms with Crippen LogP contribution < -0.4 is 0 Å². The zero-order chi connectivity index (χ0) is 9.14. The molecule has 0 aromatic carbocycles. The van der Waals surface area contributed by atoms with Gasteiger partial charge in [-0.3, -0.25) is 4.79 Å². The second-order valence-electron chi connectivity index (χ2n) is 1.89. The van der Waals surface area contributed by atoms with Crippen LogP contribution in [0.1, 0.15) is 5.56 Å². The summed E-state index contributed by atoms with van der Waals surface area (Å²) >= 11 is 18.4. The second kappa shape index (κ2) is 4.28. The SMILES string of the molecule is O=C/C=C(/Cl)c1cc(Cl)sc1Cl. The Balaban J connectivity index is 3.10. The molecule has 1 rings (SSSR count). The second-order valence-corrected chi connectivity index (χ2v) is 4.58. The number of allylic oxidation sites excluding steroid dienone is 1. The molecular formula is C7H3Cl3OS. The maximum atomic E-state index is 10.1.